The Balaban J connectivity index is 1.99. The van der Waals surface area contributed by atoms with Crippen LogP contribution in [-0.4, -0.2) is 32.2 Å². The average molecular weight is 500 g/mol. The molecule has 0 saturated carbocycles. The highest BCUT2D eigenvalue weighted by atomic mass is 32.2. The Morgan fingerprint density at radius 1 is 0.857 bits per heavy atom. The van der Waals surface area contributed by atoms with Crippen molar-refractivity contribution in [2.45, 2.75) is 43.7 Å². The van der Waals surface area contributed by atoms with Crippen molar-refractivity contribution in [2.24, 2.45) is 0 Å². The van der Waals surface area contributed by atoms with E-state index in [1.165, 1.54) is 12.1 Å². The number of nitrogens with zero attached hydrogens (tertiary/aromatic N) is 1. The molecule has 0 aliphatic carbocycles. The molecule has 0 unspecified atom stereocenters. The molecular formula is C27H27F2NO4S. The molecule has 0 heterocycles. The van der Waals surface area contributed by atoms with Gasteiger partial charge in [-0.2, -0.15) is 8.78 Å². The molecule has 0 aromatic heterocycles. The summed E-state index contributed by atoms with van der Waals surface area (Å²) in [5, 5.41) is 0. The summed E-state index contributed by atoms with van der Waals surface area (Å²) in [6.07, 6.45) is -0.453. The highest BCUT2D eigenvalue weighted by Gasteiger charge is 2.35. The van der Waals surface area contributed by atoms with Gasteiger partial charge >= 0.3 is 5.92 Å². The van der Waals surface area contributed by atoms with Gasteiger partial charge in [0.05, 0.1) is 10.6 Å². The first kappa shape index (κ1) is 26.2. The zero-order chi connectivity index (χ0) is 25.6. The number of anilines is 1. The fraction of sp³-hybridized carbons (Fsp3) is 0.259. The number of carbonyl (C=O) groups is 2. The Labute approximate surface area is 204 Å². The van der Waals surface area contributed by atoms with Crippen molar-refractivity contribution in [1.82, 2.24) is 0 Å². The van der Waals surface area contributed by atoms with Crippen molar-refractivity contribution < 1.29 is 26.8 Å². The van der Waals surface area contributed by atoms with Gasteiger partial charge in [-0.15, -0.1) is 0 Å². The maximum absolute atomic E-state index is 13.7. The van der Waals surface area contributed by atoms with Gasteiger partial charge < -0.3 is 4.90 Å². The fourth-order valence-corrected chi connectivity index (χ4v) is 4.59. The van der Waals surface area contributed by atoms with E-state index in [0.29, 0.717) is 18.8 Å². The second-order valence-corrected chi connectivity index (χ2v) is 10.4. The summed E-state index contributed by atoms with van der Waals surface area (Å²) in [5.74, 6) is -5.56. The number of Topliss-reactive ketones (excluding diaryl/α,β-unsaturated/α-hetero) is 2. The van der Waals surface area contributed by atoms with Gasteiger partial charge in [-0.1, -0.05) is 60.7 Å². The SMILES string of the molecule is CC(=O)C(F)(F)CCC(=O)c1ccc(N(Cc2ccccc2)Cc2ccccc2)c(S(C)(=O)=O)c1. The third-order valence-electron chi connectivity index (χ3n) is 5.64. The van der Waals surface area contributed by atoms with E-state index in [-0.39, 0.29) is 10.5 Å². The molecule has 0 atom stereocenters. The highest BCUT2D eigenvalue weighted by Crippen LogP contribution is 2.31. The van der Waals surface area contributed by atoms with E-state index in [2.05, 4.69) is 0 Å². The Morgan fingerprint density at radius 3 is 1.83 bits per heavy atom. The molecule has 0 bridgehead atoms. The Bertz CT molecular complexity index is 1250. The van der Waals surface area contributed by atoms with Crippen LogP contribution < -0.4 is 4.90 Å². The minimum atomic E-state index is -3.77. The van der Waals surface area contributed by atoms with E-state index in [1.54, 1.807) is 6.07 Å². The predicted molar refractivity (Wildman–Crippen MR) is 132 cm³/mol. The average Bonchev–Trinajstić information content (AvgIpc) is 2.82. The molecule has 35 heavy (non-hydrogen) atoms. The molecule has 5 nitrogen and oxygen atoms in total. The first-order valence-electron chi connectivity index (χ1n) is 11.1. The number of carbonyl (C=O) groups excluding carboxylic acids is 2. The molecule has 3 rings (SSSR count). The number of hydrogen-bond acceptors (Lipinski definition) is 5. The van der Waals surface area contributed by atoms with Crippen LogP contribution in [0.2, 0.25) is 0 Å². The molecule has 3 aromatic rings. The Hall–Kier alpha value is -3.39. The van der Waals surface area contributed by atoms with Gasteiger partial charge in [0, 0.05) is 44.7 Å². The molecule has 8 heteroatoms. The quantitative estimate of drug-likeness (QED) is 0.327. The van der Waals surface area contributed by atoms with Crippen LogP contribution in [0.25, 0.3) is 0 Å². The van der Waals surface area contributed by atoms with Crippen molar-refractivity contribution in [2.75, 3.05) is 11.2 Å². The largest absolute Gasteiger partial charge is 0.362 e. The number of alkyl halides is 2. The molecule has 0 fully saturated rings. The molecule has 0 saturated heterocycles. The van der Waals surface area contributed by atoms with Crippen LogP contribution >= 0.6 is 0 Å². The van der Waals surface area contributed by atoms with Gasteiger partial charge in [-0.3, -0.25) is 9.59 Å². The van der Waals surface area contributed by atoms with E-state index in [4.69, 9.17) is 0 Å². The zero-order valence-corrected chi connectivity index (χ0v) is 20.4. The van der Waals surface area contributed by atoms with Crippen LogP contribution in [-0.2, 0) is 27.7 Å². The number of sulfone groups is 1. The predicted octanol–water partition coefficient (Wildman–Crippen LogP) is 5.48. The third kappa shape index (κ3) is 7.05. The standard InChI is InChI=1S/C27H27F2NO4S/c1-20(31)27(28,29)16-15-25(32)23-13-14-24(26(17-23)35(2,33)34)30(18-21-9-5-3-6-10-21)19-22-11-7-4-8-12-22/h3-14,17H,15-16,18-19H2,1-2H3. The third-order valence-corrected chi connectivity index (χ3v) is 6.76. The van der Waals surface area contributed by atoms with Crippen molar-refractivity contribution in [3.05, 3.63) is 95.6 Å². The fourth-order valence-electron chi connectivity index (χ4n) is 3.67. The first-order valence-corrected chi connectivity index (χ1v) is 13.0. The number of rotatable bonds is 11. The minimum absolute atomic E-state index is 0.00731. The highest BCUT2D eigenvalue weighted by molar-refractivity contribution is 7.90. The smallest absolute Gasteiger partial charge is 0.305 e. The van der Waals surface area contributed by atoms with E-state index >= 15 is 0 Å². The lowest BCUT2D eigenvalue weighted by atomic mass is 10.0. The molecular weight excluding hydrogens is 472 g/mol. The van der Waals surface area contributed by atoms with Crippen molar-refractivity contribution in [3.63, 3.8) is 0 Å². The van der Waals surface area contributed by atoms with E-state index in [0.717, 1.165) is 24.3 Å². The second kappa shape index (κ2) is 10.9. The maximum atomic E-state index is 13.7. The van der Waals surface area contributed by atoms with Gasteiger partial charge in [0.15, 0.2) is 21.4 Å². The molecule has 0 aliphatic heterocycles. The van der Waals surface area contributed by atoms with Crippen LogP contribution in [0.4, 0.5) is 14.5 Å². The summed E-state index contributed by atoms with van der Waals surface area (Å²) in [5.41, 5.74) is 2.35. The second-order valence-electron chi connectivity index (χ2n) is 8.47. The molecule has 0 N–H and O–H groups in total. The van der Waals surface area contributed by atoms with Crippen LogP contribution in [0.5, 0.6) is 0 Å². The van der Waals surface area contributed by atoms with Crippen LogP contribution in [0.3, 0.4) is 0 Å². The zero-order valence-electron chi connectivity index (χ0n) is 19.6. The Morgan fingerprint density at radius 2 is 1.37 bits per heavy atom. The lowest BCUT2D eigenvalue weighted by molar-refractivity contribution is -0.141. The van der Waals surface area contributed by atoms with Gasteiger partial charge in [0.2, 0.25) is 0 Å². The first-order chi connectivity index (χ1) is 16.5. The summed E-state index contributed by atoms with van der Waals surface area (Å²) in [6.45, 7) is 1.60. The number of benzene rings is 3. The number of ketones is 2. The molecule has 0 amide bonds. The van der Waals surface area contributed by atoms with E-state index < -0.39 is 40.2 Å². The van der Waals surface area contributed by atoms with Crippen molar-refractivity contribution in [1.29, 1.82) is 0 Å². The van der Waals surface area contributed by atoms with Crippen LogP contribution in [0.1, 0.15) is 41.3 Å². The van der Waals surface area contributed by atoms with Crippen LogP contribution in [0, 0.1) is 0 Å². The molecule has 0 spiro atoms. The summed E-state index contributed by atoms with van der Waals surface area (Å²) in [6, 6.07) is 23.3. The summed E-state index contributed by atoms with van der Waals surface area (Å²) < 4.78 is 52.8. The van der Waals surface area contributed by atoms with Crippen LogP contribution in [0.15, 0.2) is 83.8 Å². The van der Waals surface area contributed by atoms with Crippen molar-refractivity contribution >= 4 is 27.1 Å². The number of hydrogen-bond donors (Lipinski definition) is 0. The minimum Gasteiger partial charge on any atom is -0.362 e. The lowest BCUT2D eigenvalue weighted by Gasteiger charge is -2.27. The summed E-state index contributed by atoms with van der Waals surface area (Å²) in [7, 11) is -3.77. The van der Waals surface area contributed by atoms with Gasteiger partial charge in [0.1, 0.15) is 0 Å². The lowest BCUT2D eigenvalue weighted by Crippen LogP contribution is -2.27. The number of halogens is 2. The Kier molecular flexibility index (Phi) is 8.17. The normalized spacial score (nSPS) is 11.8. The molecule has 0 radical (unpaired) electrons. The van der Waals surface area contributed by atoms with Crippen molar-refractivity contribution in [3.8, 4) is 0 Å². The summed E-state index contributed by atoms with van der Waals surface area (Å²) >= 11 is 0. The molecule has 184 valence electrons. The van der Waals surface area contributed by atoms with Gasteiger partial charge in [-0.05, 0) is 29.3 Å². The van der Waals surface area contributed by atoms with E-state index in [9.17, 15) is 26.8 Å². The van der Waals surface area contributed by atoms with Gasteiger partial charge in [0.25, 0.3) is 0 Å². The molecule has 3 aromatic carbocycles. The maximum Gasteiger partial charge on any atom is 0.305 e. The molecule has 0 aliphatic rings. The summed E-state index contributed by atoms with van der Waals surface area (Å²) in [4.78, 5) is 25.5. The topological polar surface area (TPSA) is 71.5 Å². The monoisotopic (exact) mass is 499 g/mol. The van der Waals surface area contributed by atoms with Gasteiger partial charge in [-0.25, -0.2) is 8.42 Å². The van der Waals surface area contributed by atoms with E-state index in [1.807, 2.05) is 65.6 Å².